The lowest BCUT2D eigenvalue weighted by molar-refractivity contribution is -0.137. The maximum Gasteiger partial charge on any atom is 0.416 e. The van der Waals surface area contributed by atoms with Crippen LogP contribution in [0.5, 0.6) is 0 Å². The molecule has 0 spiro atoms. The van der Waals surface area contributed by atoms with Gasteiger partial charge in [-0.1, -0.05) is 17.3 Å². The Bertz CT molecular complexity index is 743. The van der Waals surface area contributed by atoms with Crippen LogP contribution < -0.4 is 10.6 Å². The van der Waals surface area contributed by atoms with Crippen molar-refractivity contribution in [2.45, 2.75) is 31.6 Å². The third kappa shape index (κ3) is 4.95. The number of piperidine rings is 1. The number of nitrogens with one attached hydrogen (secondary N) is 2. The fraction of sp³-hybridized carbons (Fsp3) is 0.438. The van der Waals surface area contributed by atoms with Crippen LogP contribution in [0.15, 0.2) is 30.5 Å². The molecule has 0 bridgehead atoms. The molecule has 2 heterocycles. The molecule has 1 aliphatic rings. The highest BCUT2D eigenvalue weighted by Crippen LogP contribution is 2.29. The highest BCUT2D eigenvalue weighted by atomic mass is 35.5. The molecule has 2 aromatic rings. The van der Waals surface area contributed by atoms with Gasteiger partial charge in [0.1, 0.15) is 0 Å². The van der Waals surface area contributed by atoms with Crippen molar-refractivity contribution in [3.8, 4) is 0 Å². The molecule has 0 unspecified atom stereocenters. The van der Waals surface area contributed by atoms with Crippen LogP contribution in [0.4, 0.5) is 13.2 Å². The number of aromatic nitrogens is 3. The van der Waals surface area contributed by atoms with Gasteiger partial charge >= 0.3 is 6.18 Å². The summed E-state index contributed by atoms with van der Waals surface area (Å²) in [5, 5.41) is 13.7. The Morgan fingerprint density at radius 1 is 1.31 bits per heavy atom. The van der Waals surface area contributed by atoms with Gasteiger partial charge < -0.3 is 10.6 Å². The molecular formula is C16H19ClF3N5O. The van der Waals surface area contributed by atoms with Crippen molar-refractivity contribution in [1.82, 2.24) is 25.6 Å². The van der Waals surface area contributed by atoms with Crippen molar-refractivity contribution in [2.24, 2.45) is 0 Å². The first-order valence-corrected chi connectivity index (χ1v) is 8.00. The van der Waals surface area contributed by atoms with Crippen molar-refractivity contribution in [3.63, 3.8) is 0 Å². The molecule has 26 heavy (non-hydrogen) atoms. The Kier molecular flexibility index (Phi) is 6.60. The van der Waals surface area contributed by atoms with Gasteiger partial charge in [-0.15, -0.1) is 17.5 Å². The number of carbonyl (C=O) groups excluding carboxylic acids is 1. The number of benzene rings is 1. The Labute approximate surface area is 154 Å². The van der Waals surface area contributed by atoms with E-state index in [4.69, 9.17) is 0 Å². The average molecular weight is 390 g/mol. The number of hydrogen-bond donors (Lipinski definition) is 2. The van der Waals surface area contributed by atoms with Gasteiger partial charge in [-0.25, -0.2) is 4.68 Å². The van der Waals surface area contributed by atoms with Gasteiger partial charge in [0.2, 0.25) is 0 Å². The molecule has 1 aromatic heterocycles. The van der Waals surface area contributed by atoms with E-state index in [0.717, 1.165) is 38.1 Å². The quantitative estimate of drug-likeness (QED) is 0.843. The Morgan fingerprint density at radius 2 is 2.04 bits per heavy atom. The molecule has 2 N–H and O–H groups in total. The Balaban J connectivity index is 0.00000243. The number of carbonyl (C=O) groups is 1. The van der Waals surface area contributed by atoms with Crippen molar-refractivity contribution in [3.05, 3.63) is 47.3 Å². The first kappa shape index (κ1) is 20.2. The molecule has 142 valence electrons. The molecule has 0 radical (unpaired) electrons. The van der Waals surface area contributed by atoms with Gasteiger partial charge in [-0.05, 0) is 43.6 Å². The maximum atomic E-state index is 12.7. The van der Waals surface area contributed by atoms with Gasteiger partial charge in [0.15, 0.2) is 5.69 Å². The predicted molar refractivity (Wildman–Crippen MR) is 91.0 cm³/mol. The van der Waals surface area contributed by atoms with E-state index in [1.54, 1.807) is 10.9 Å². The first-order valence-electron chi connectivity index (χ1n) is 8.00. The minimum atomic E-state index is -4.41. The molecule has 3 rings (SSSR count). The molecule has 1 fully saturated rings. The standard InChI is InChI=1S/C16H18F3N5O.ClH/c17-16(18,19)12-3-1-2-11(8-12)9-21-15(25)14-10-24(23-22-14)13-4-6-20-7-5-13;/h1-3,8,10,13,20H,4-7,9H2,(H,21,25);1H. The maximum absolute atomic E-state index is 12.7. The number of halogens is 4. The van der Waals surface area contributed by atoms with Gasteiger partial charge in [-0.3, -0.25) is 4.79 Å². The fourth-order valence-electron chi connectivity index (χ4n) is 2.76. The largest absolute Gasteiger partial charge is 0.416 e. The lowest BCUT2D eigenvalue weighted by Crippen LogP contribution is -2.29. The van der Waals surface area contributed by atoms with Gasteiger partial charge in [0.25, 0.3) is 5.91 Å². The van der Waals surface area contributed by atoms with Crippen LogP contribution in [0.2, 0.25) is 0 Å². The topological polar surface area (TPSA) is 71.8 Å². The minimum Gasteiger partial charge on any atom is -0.347 e. The molecule has 6 nitrogen and oxygen atoms in total. The molecule has 1 amide bonds. The summed E-state index contributed by atoms with van der Waals surface area (Å²) in [4.78, 5) is 12.1. The van der Waals surface area contributed by atoms with E-state index in [0.29, 0.717) is 5.56 Å². The zero-order chi connectivity index (χ0) is 17.9. The van der Waals surface area contributed by atoms with E-state index in [1.807, 2.05) is 0 Å². The van der Waals surface area contributed by atoms with Crippen LogP contribution in [-0.2, 0) is 12.7 Å². The van der Waals surface area contributed by atoms with Crippen molar-refractivity contribution < 1.29 is 18.0 Å². The lowest BCUT2D eigenvalue weighted by Gasteiger charge is -2.22. The third-order valence-electron chi connectivity index (χ3n) is 4.13. The van der Waals surface area contributed by atoms with Crippen LogP contribution in [0, 0.1) is 0 Å². The number of amides is 1. The summed E-state index contributed by atoms with van der Waals surface area (Å²) >= 11 is 0. The lowest BCUT2D eigenvalue weighted by atomic mass is 10.1. The van der Waals surface area contributed by atoms with Crippen LogP contribution >= 0.6 is 12.4 Å². The second-order valence-electron chi connectivity index (χ2n) is 5.95. The van der Waals surface area contributed by atoms with E-state index in [2.05, 4.69) is 20.9 Å². The van der Waals surface area contributed by atoms with Crippen LogP contribution in [0.1, 0.15) is 40.5 Å². The molecule has 0 atom stereocenters. The summed E-state index contributed by atoms with van der Waals surface area (Å²) in [5.41, 5.74) is -0.212. The van der Waals surface area contributed by atoms with Crippen LogP contribution in [0.3, 0.4) is 0 Å². The normalized spacial score (nSPS) is 15.3. The number of nitrogens with zero attached hydrogens (tertiary/aromatic N) is 3. The Hall–Kier alpha value is -2.13. The summed E-state index contributed by atoms with van der Waals surface area (Å²) in [6.45, 7) is 1.77. The summed E-state index contributed by atoms with van der Waals surface area (Å²) in [6, 6.07) is 5.07. The molecule has 1 aromatic carbocycles. The predicted octanol–water partition coefficient (Wildman–Crippen LogP) is 2.57. The van der Waals surface area contributed by atoms with E-state index in [9.17, 15) is 18.0 Å². The van der Waals surface area contributed by atoms with E-state index < -0.39 is 17.6 Å². The summed E-state index contributed by atoms with van der Waals surface area (Å²) < 4.78 is 39.8. The SMILES string of the molecule is Cl.O=C(NCc1cccc(C(F)(F)F)c1)c1cn(C2CCNCC2)nn1. The summed E-state index contributed by atoms with van der Waals surface area (Å²) in [6.07, 6.45) is -1.00. The van der Waals surface area contributed by atoms with E-state index >= 15 is 0 Å². The summed E-state index contributed by atoms with van der Waals surface area (Å²) in [5.74, 6) is -0.461. The van der Waals surface area contributed by atoms with Gasteiger partial charge in [0.05, 0.1) is 17.8 Å². The monoisotopic (exact) mass is 389 g/mol. The van der Waals surface area contributed by atoms with E-state index in [-0.39, 0.29) is 30.7 Å². The third-order valence-corrected chi connectivity index (χ3v) is 4.13. The highest BCUT2D eigenvalue weighted by Gasteiger charge is 2.30. The Morgan fingerprint density at radius 3 is 2.73 bits per heavy atom. The van der Waals surface area contributed by atoms with Gasteiger partial charge in [-0.2, -0.15) is 13.2 Å². The van der Waals surface area contributed by atoms with Crippen LogP contribution in [-0.4, -0.2) is 34.0 Å². The molecule has 1 saturated heterocycles. The fourth-order valence-corrected chi connectivity index (χ4v) is 2.76. The molecule has 10 heteroatoms. The van der Waals surface area contributed by atoms with Crippen molar-refractivity contribution in [2.75, 3.05) is 13.1 Å². The second kappa shape index (κ2) is 8.50. The van der Waals surface area contributed by atoms with E-state index in [1.165, 1.54) is 12.1 Å². The zero-order valence-corrected chi connectivity index (χ0v) is 14.6. The molecule has 0 saturated carbocycles. The molecular weight excluding hydrogens is 371 g/mol. The van der Waals surface area contributed by atoms with Crippen molar-refractivity contribution in [1.29, 1.82) is 0 Å². The number of alkyl halides is 3. The summed E-state index contributed by atoms with van der Waals surface area (Å²) in [7, 11) is 0. The zero-order valence-electron chi connectivity index (χ0n) is 13.8. The average Bonchev–Trinajstić information content (AvgIpc) is 3.10. The van der Waals surface area contributed by atoms with Crippen LogP contribution in [0.25, 0.3) is 0 Å². The molecule has 0 aliphatic carbocycles. The van der Waals surface area contributed by atoms with Gasteiger partial charge in [0, 0.05) is 6.54 Å². The minimum absolute atomic E-state index is 0. The number of rotatable bonds is 4. The highest BCUT2D eigenvalue weighted by molar-refractivity contribution is 5.91. The second-order valence-corrected chi connectivity index (χ2v) is 5.95. The molecule has 1 aliphatic heterocycles. The first-order chi connectivity index (χ1) is 11.9. The smallest absolute Gasteiger partial charge is 0.347 e. The van der Waals surface area contributed by atoms with Crippen molar-refractivity contribution >= 4 is 18.3 Å². The number of hydrogen-bond acceptors (Lipinski definition) is 4.